The lowest BCUT2D eigenvalue weighted by molar-refractivity contribution is -0.145. The smallest absolute Gasteiger partial charge is 0.323 e. The zero-order chi connectivity index (χ0) is 14.6. The highest BCUT2D eigenvalue weighted by Gasteiger charge is 2.37. The third-order valence-corrected chi connectivity index (χ3v) is 4.30. The van der Waals surface area contributed by atoms with E-state index in [1.54, 1.807) is 6.92 Å². The summed E-state index contributed by atoms with van der Waals surface area (Å²) in [5.74, 6) is 0.0379. The predicted octanol–water partition coefficient (Wildman–Crippen LogP) is 2.34. The molecule has 0 amide bonds. The van der Waals surface area contributed by atoms with Gasteiger partial charge in [0.25, 0.3) is 0 Å². The van der Waals surface area contributed by atoms with E-state index in [4.69, 9.17) is 0 Å². The number of carboxylic acids is 1. The zero-order valence-corrected chi connectivity index (χ0v) is 13.1. The summed E-state index contributed by atoms with van der Waals surface area (Å²) < 4.78 is 0. The maximum Gasteiger partial charge on any atom is 0.323 e. The van der Waals surface area contributed by atoms with Gasteiger partial charge in [-0.05, 0) is 53.0 Å². The molecule has 3 atom stereocenters. The molecule has 2 N–H and O–H groups in total. The van der Waals surface area contributed by atoms with Crippen LogP contribution >= 0.6 is 0 Å². The average molecular weight is 270 g/mol. The molecule has 4 heteroatoms. The van der Waals surface area contributed by atoms with E-state index in [-0.39, 0.29) is 6.04 Å². The van der Waals surface area contributed by atoms with Gasteiger partial charge in [0.15, 0.2) is 0 Å². The van der Waals surface area contributed by atoms with Gasteiger partial charge >= 0.3 is 5.97 Å². The number of likely N-dealkylation sites (tertiary alicyclic amines) is 1. The maximum atomic E-state index is 11.5. The predicted molar refractivity (Wildman–Crippen MR) is 78.4 cm³/mol. The van der Waals surface area contributed by atoms with Crippen LogP contribution < -0.4 is 5.32 Å². The summed E-state index contributed by atoms with van der Waals surface area (Å²) in [6.45, 7) is 12.4. The van der Waals surface area contributed by atoms with Gasteiger partial charge in [-0.15, -0.1) is 0 Å². The maximum absolute atomic E-state index is 11.5. The number of aliphatic carboxylic acids is 1. The number of hydrogen-bond acceptors (Lipinski definition) is 3. The van der Waals surface area contributed by atoms with Crippen molar-refractivity contribution in [2.75, 3.05) is 13.1 Å². The first-order valence-electron chi connectivity index (χ1n) is 7.53. The summed E-state index contributed by atoms with van der Waals surface area (Å²) in [4.78, 5) is 14.0. The molecule has 1 aliphatic rings. The third kappa shape index (κ3) is 4.46. The minimum absolute atomic E-state index is 0.176. The lowest BCUT2D eigenvalue weighted by Crippen LogP contribution is -2.55. The van der Waals surface area contributed by atoms with Crippen molar-refractivity contribution in [2.45, 2.75) is 71.5 Å². The SMILES string of the molecule is CCC1CCN(C(C)CC(C)(NC(C)C)C(=O)O)C1. The quantitative estimate of drug-likeness (QED) is 0.745. The van der Waals surface area contributed by atoms with Crippen molar-refractivity contribution < 1.29 is 9.90 Å². The molecule has 112 valence electrons. The van der Waals surface area contributed by atoms with Gasteiger partial charge < -0.3 is 10.0 Å². The van der Waals surface area contributed by atoms with Crippen LogP contribution in [0.4, 0.5) is 0 Å². The summed E-state index contributed by atoms with van der Waals surface area (Å²) in [6.07, 6.45) is 3.13. The second kappa shape index (κ2) is 6.71. The largest absolute Gasteiger partial charge is 0.480 e. The molecule has 3 unspecified atom stereocenters. The van der Waals surface area contributed by atoms with Crippen molar-refractivity contribution in [3.8, 4) is 0 Å². The minimum atomic E-state index is -0.835. The van der Waals surface area contributed by atoms with Crippen molar-refractivity contribution in [3.63, 3.8) is 0 Å². The Bertz CT molecular complexity index is 307. The van der Waals surface area contributed by atoms with Crippen molar-refractivity contribution >= 4 is 5.97 Å². The standard InChI is InChI=1S/C15H30N2O2/c1-6-13-7-8-17(10-13)12(4)9-15(5,14(18)19)16-11(2)3/h11-13,16H,6-10H2,1-5H3,(H,18,19). The van der Waals surface area contributed by atoms with Gasteiger partial charge in [-0.3, -0.25) is 10.1 Å². The fraction of sp³-hybridized carbons (Fsp3) is 0.933. The Labute approximate surface area is 117 Å². The Hall–Kier alpha value is -0.610. The summed E-state index contributed by atoms with van der Waals surface area (Å²) in [6, 6.07) is 0.485. The van der Waals surface area contributed by atoms with E-state index >= 15 is 0 Å². The Morgan fingerprint density at radius 1 is 1.47 bits per heavy atom. The van der Waals surface area contributed by atoms with Crippen LogP contribution in [0.1, 0.15) is 53.9 Å². The molecule has 0 saturated carbocycles. The number of nitrogens with zero attached hydrogens (tertiary/aromatic N) is 1. The lowest BCUT2D eigenvalue weighted by Gasteiger charge is -2.34. The highest BCUT2D eigenvalue weighted by molar-refractivity contribution is 5.78. The molecule has 0 aromatic carbocycles. The normalized spacial score (nSPS) is 25.5. The molecule has 1 fully saturated rings. The third-order valence-electron chi connectivity index (χ3n) is 4.30. The Morgan fingerprint density at radius 3 is 2.53 bits per heavy atom. The van der Waals surface area contributed by atoms with Crippen molar-refractivity contribution in [3.05, 3.63) is 0 Å². The molecule has 0 radical (unpaired) electrons. The summed E-state index contributed by atoms with van der Waals surface area (Å²) >= 11 is 0. The fourth-order valence-corrected chi connectivity index (χ4v) is 3.16. The first-order valence-corrected chi connectivity index (χ1v) is 7.53. The van der Waals surface area contributed by atoms with Crippen molar-refractivity contribution in [1.82, 2.24) is 10.2 Å². The van der Waals surface area contributed by atoms with Crippen LogP contribution in [0, 0.1) is 5.92 Å². The van der Waals surface area contributed by atoms with Crippen LogP contribution in [0.2, 0.25) is 0 Å². The highest BCUT2D eigenvalue weighted by Crippen LogP contribution is 2.25. The van der Waals surface area contributed by atoms with Crippen LogP contribution in [-0.2, 0) is 4.79 Å². The monoisotopic (exact) mass is 270 g/mol. The Morgan fingerprint density at radius 2 is 2.11 bits per heavy atom. The molecule has 0 aromatic rings. The first kappa shape index (κ1) is 16.4. The number of rotatable bonds is 7. The molecule has 1 saturated heterocycles. The van der Waals surface area contributed by atoms with Gasteiger partial charge in [0.2, 0.25) is 0 Å². The molecule has 1 heterocycles. The van der Waals surface area contributed by atoms with Gasteiger partial charge in [0.05, 0.1) is 0 Å². The second-order valence-electron chi connectivity index (χ2n) is 6.55. The molecular weight excluding hydrogens is 240 g/mol. The number of carboxylic acid groups (broad SMARTS) is 1. The molecule has 1 aliphatic heterocycles. The first-order chi connectivity index (χ1) is 8.78. The molecule has 0 spiro atoms. The molecule has 0 aromatic heterocycles. The molecule has 0 aliphatic carbocycles. The molecule has 1 rings (SSSR count). The van der Waals surface area contributed by atoms with Crippen LogP contribution in [0.15, 0.2) is 0 Å². The van der Waals surface area contributed by atoms with Crippen molar-refractivity contribution in [1.29, 1.82) is 0 Å². The van der Waals surface area contributed by atoms with E-state index in [9.17, 15) is 9.90 Å². The number of carbonyl (C=O) groups is 1. The van der Waals surface area contributed by atoms with E-state index < -0.39 is 11.5 Å². The van der Waals surface area contributed by atoms with Gasteiger partial charge in [-0.1, -0.05) is 13.3 Å². The molecule has 4 nitrogen and oxygen atoms in total. The highest BCUT2D eigenvalue weighted by atomic mass is 16.4. The van der Waals surface area contributed by atoms with E-state index in [1.165, 1.54) is 12.8 Å². The second-order valence-corrected chi connectivity index (χ2v) is 6.55. The van der Waals surface area contributed by atoms with Gasteiger partial charge in [0.1, 0.15) is 5.54 Å². The minimum Gasteiger partial charge on any atom is -0.480 e. The molecular formula is C15H30N2O2. The van der Waals surface area contributed by atoms with Crippen LogP contribution in [0.5, 0.6) is 0 Å². The molecule has 19 heavy (non-hydrogen) atoms. The summed E-state index contributed by atoms with van der Waals surface area (Å²) in [5.41, 5.74) is -0.835. The Balaban J connectivity index is 2.61. The van der Waals surface area contributed by atoms with Crippen LogP contribution in [0.3, 0.4) is 0 Å². The zero-order valence-electron chi connectivity index (χ0n) is 13.1. The van der Waals surface area contributed by atoms with E-state index in [0.29, 0.717) is 12.5 Å². The van der Waals surface area contributed by atoms with E-state index in [0.717, 1.165) is 19.0 Å². The topological polar surface area (TPSA) is 52.6 Å². The van der Waals surface area contributed by atoms with E-state index in [2.05, 4.69) is 24.1 Å². The lowest BCUT2D eigenvalue weighted by atomic mass is 9.92. The van der Waals surface area contributed by atoms with Gasteiger partial charge in [-0.2, -0.15) is 0 Å². The van der Waals surface area contributed by atoms with Crippen molar-refractivity contribution in [2.24, 2.45) is 5.92 Å². The average Bonchev–Trinajstić information content (AvgIpc) is 2.75. The molecule has 0 bridgehead atoms. The van der Waals surface area contributed by atoms with Crippen LogP contribution in [0.25, 0.3) is 0 Å². The van der Waals surface area contributed by atoms with Gasteiger partial charge in [-0.25, -0.2) is 0 Å². The summed E-state index contributed by atoms with van der Waals surface area (Å²) in [5, 5.41) is 12.7. The fourth-order valence-electron chi connectivity index (χ4n) is 3.16. The summed E-state index contributed by atoms with van der Waals surface area (Å²) in [7, 11) is 0. The van der Waals surface area contributed by atoms with Crippen LogP contribution in [-0.4, -0.2) is 46.7 Å². The number of nitrogens with one attached hydrogen (secondary N) is 1. The van der Waals surface area contributed by atoms with E-state index in [1.807, 2.05) is 13.8 Å². The Kier molecular flexibility index (Phi) is 5.81. The number of hydrogen-bond donors (Lipinski definition) is 2. The van der Waals surface area contributed by atoms with Gasteiger partial charge in [0, 0.05) is 18.6 Å².